The molecule has 1 aromatic carbocycles. The van der Waals surface area contributed by atoms with E-state index < -0.39 is 10.0 Å². The van der Waals surface area contributed by atoms with Crippen LogP contribution in [0.3, 0.4) is 0 Å². The Hall–Kier alpha value is -1.63. The number of anilines is 1. The third-order valence-electron chi connectivity index (χ3n) is 2.45. The predicted molar refractivity (Wildman–Crippen MR) is 74.1 cm³/mol. The van der Waals surface area contributed by atoms with Gasteiger partial charge in [-0.05, 0) is 29.8 Å². The molecule has 5 nitrogen and oxygen atoms in total. The Morgan fingerprint density at radius 1 is 1.16 bits per heavy atom. The number of nitrogen functional groups attached to an aromatic ring is 1. The Labute approximate surface area is 116 Å². The van der Waals surface area contributed by atoms with Crippen LogP contribution < -0.4 is 10.5 Å². The molecule has 2 rings (SSSR count). The summed E-state index contributed by atoms with van der Waals surface area (Å²) in [6.45, 7) is 0.184. The summed E-state index contributed by atoms with van der Waals surface area (Å²) >= 11 is 5.75. The molecule has 1 aromatic heterocycles. The van der Waals surface area contributed by atoms with Crippen LogP contribution in [0.5, 0.6) is 0 Å². The zero-order chi connectivity index (χ0) is 13.9. The zero-order valence-electron chi connectivity index (χ0n) is 9.88. The highest BCUT2D eigenvalue weighted by molar-refractivity contribution is 7.89. The van der Waals surface area contributed by atoms with E-state index in [1.54, 1.807) is 24.3 Å². The largest absolute Gasteiger partial charge is 0.384 e. The molecule has 2 aromatic rings. The van der Waals surface area contributed by atoms with Crippen LogP contribution in [-0.2, 0) is 16.6 Å². The summed E-state index contributed by atoms with van der Waals surface area (Å²) in [5, 5.41) is 0.606. The third kappa shape index (κ3) is 3.66. The standard InChI is InChI=1S/C12H12ClN3O2S/c13-10-3-1-9(2-4-10)7-16-19(17,18)11-5-6-12(14)15-8-11/h1-6,8,16H,7H2,(H2,14,15). The molecule has 0 atom stereocenters. The number of halogens is 1. The fraction of sp³-hybridized carbons (Fsp3) is 0.0833. The molecule has 1 heterocycles. The molecule has 0 spiro atoms. The predicted octanol–water partition coefficient (Wildman–Crippen LogP) is 1.80. The summed E-state index contributed by atoms with van der Waals surface area (Å²) < 4.78 is 26.4. The molecule has 0 aliphatic carbocycles. The number of benzene rings is 1. The lowest BCUT2D eigenvalue weighted by molar-refractivity contribution is 0.581. The highest BCUT2D eigenvalue weighted by Gasteiger charge is 2.13. The van der Waals surface area contributed by atoms with Crippen LogP contribution in [0, 0.1) is 0 Å². The van der Waals surface area contributed by atoms with Gasteiger partial charge in [-0.3, -0.25) is 0 Å². The van der Waals surface area contributed by atoms with Crippen LogP contribution in [0.2, 0.25) is 5.02 Å². The fourth-order valence-electron chi connectivity index (χ4n) is 1.41. The van der Waals surface area contributed by atoms with Gasteiger partial charge >= 0.3 is 0 Å². The third-order valence-corrected chi connectivity index (χ3v) is 4.09. The lowest BCUT2D eigenvalue weighted by Crippen LogP contribution is -2.23. The minimum Gasteiger partial charge on any atom is -0.384 e. The maximum absolute atomic E-state index is 12.0. The number of sulfonamides is 1. The summed E-state index contributed by atoms with van der Waals surface area (Å²) in [7, 11) is -3.59. The van der Waals surface area contributed by atoms with Gasteiger partial charge < -0.3 is 5.73 Å². The maximum atomic E-state index is 12.0. The van der Waals surface area contributed by atoms with E-state index in [9.17, 15) is 8.42 Å². The van der Waals surface area contributed by atoms with E-state index in [0.29, 0.717) is 5.02 Å². The Bertz CT molecular complexity index is 654. The van der Waals surface area contributed by atoms with Gasteiger partial charge in [-0.25, -0.2) is 18.1 Å². The van der Waals surface area contributed by atoms with Gasteiger partial charge in [-0.1, -0.05) is 23.7 Å². The first kappa shape index (κ1) is 13.8. The van der Waals surface area contributed by atoms with Crippen molar-refractivity contribution in [2.45, 2.75) is 11.4 Å². The van der Waals surface area contributed by atoms with E-state index >= 15 is 0 Å². The average molecular weight is 298 g/mol. The van der Waals surface area contributed by atoms with Crippen LogP contribution in [0.15, 0.2) is 47.5 Å². The Balaban J connectivity index is 2.09. The van der Waals surface area contributed by atoms with Crippen molar-refractivity contribution in [3.8, 4) is 0 Å². The van der Waals surface area contributed by atoms with Crippen molar-refractivity contribution in [1.29, 1.82) is 0 Å². The van der Waals surface area contributed by atoms with Crippen molar-refractivity contribution >= 4 is 27.4 Å². The highest BCUT2D eigenvalue weighted by Crippen LogP contribution is 2.12. The van der Waals surface area contributed by atoms with Crippen molar-refractivity contribution in [3.05, 3.63) is 53.2 Å². The Morgan fingerprint density at radius 3 is 2.42 bits per heavy atom. The van der Waals surface area contributed by atoms with Crippen LogP contribution in [0.25, 0.3) is 0 Å². The zero-order valence-corrected chi connectivity index (χ0v) is 11.4. The molecule has 3 N–H and O–H groups in total. The van der Waals surface area contributed by atoms with Crippen LogP contribution in [-0.4, -0.2) is 13.4 Å². The van der Waals surface area contributed by atoms with Gasteiger partial charge in [0.05, 0.1) is 0 Å². The van der Waals surface area contributed by atoms with Crippen LogP contribution >= 0.6 is 11.6 Å². The number of pyridine rings is 1. The molecule has 0 saturated carbocycles. The molecular weight excluding hydrogens is 286 g/mol. The first-order chi connectivity index (χ1) is 8.97. The molecule has 0 radical (unpaired) electrons. The van der Waals surface area contributed by atoms with Gasteiger partial charge in [0.15, 0.2) is 0 Å². The summed E-state index contributed by atoms with van der Waals surface area (Å²) in [4.78, 5) is 3.83. The molecule has 0 amide bonds. The average Bonchev–Trinajstić information content (AvgIpc) is 2.39. The maximum Gasteiger partial charge on any atom is 0.242 e. The number of rotatable bonds is 4. The van der Waals surface area contributed by atoms with E-state index in [4.69, 9.17) is 17.3 Å². The second-order valence-electron chi connectivity index (χ2n) is 3.87. The molecule has 100 valence electrons. The van der Waals surface area contributed by atoms with Gasteiger partial charge in [0.25, 0.3) is 0 Å². The molecule has 0 saturated heterocycles. The monoisotopic (exact) mass is 297 g/mol. The topological polar surface area (TPSA) is 85.1 Å². The molecule has 19 heavy (non-hydrogen) atoms. The minimum atomic E-state index is -3.59. The number of nitrogens with one attached hydrogen (secondary N) is 1. The number of nitrogens with zero attached hydrogens (tertiary/aromatic N) is 1. The smallest absolute Gasteiger partial charge is 0.242 e. The second-order valence-corrected chi connectivity index (χ2v) is 6.07. The molecule has 7 heteroatoms. The number of hydrogen-bond acceptors (Lipinski definition) is 4. The van der Waals surface area contributed by atoms with E-state index in [0.717, 1.165) is 5.56 Å². The summed E-state index contributed by atoms with van der Waals surface area (Å²) in [6, 6.07) is 9.77. The second kappa shape index (κ2) is 5.56. The first-order valence-electron chi connectivity index (χ1n) is 5.43. The Morgan fingerprint density at radius 2 is 1.84 bits per heavy atom. The van der Waals surface area contributed by atoms with Crippen LogP contribution in [0.1, 0.15) is 5.56 Å². The normalized spacial score (nSPS) is 11.4. The lowest BCUT2D eigenvalue weighted by atomic mass is 10.2. The van der Waals surface area contributed by atoms with Crippen molar-refractivity contribution in [3.63, 3.8) is 0 Å². The van der Waals surface area contributed by atoms with E-state index in [-0.39, 0.29) is 17.3 Å². The Kier molecular flexibility index (Phi) is 4.04. The summed E-state index contributed by atoms with van der Waals surface area (Å²) in [5.74, 6) is 0.275. The molecule has 0 fully saturated rings. The first-order valence-corrected chi connectivity index (χ1v) is 7.29. The van der Waals surface area contributed by atoms with Crippen molar-refractivity contribution in [1.82, 2.24) is 9.71 Å². The molecule has 0 bridgehead atoms. The van der Waals surface area contributed by atoms with Gasteiger partial charge in [0, 0.05) is 17.8 Å². The van der Waals surface area contributed by atoms with Crippen molar-refractivity contribution < 1.29 is 8.42 Å². The molecule has 0 unspecified atom stereocenters. The van der Waals surface area contributed by atoms with E-state index in [1.165, 1.54) is 18.3 Å². The van der Waals surface area contributed by atoms with Crippen molar-refractivity contribution in [2.24, 2.45) is 0 Å². The number of nitrogens with two attached hydrogens (primary N) is 1. The molecular formula is C12H12ClN3O2S. The summed E-state index contributed by atoms with van der Waals surface area (Å²) in [5.41, 5.74) is 6.23. The fourth-order valence-corrected chi connectivity index (χ4v) is 2.50. The van der Waals surface area contributed by atoms with Gasteiger partial charge in [-0.2, -0.15) is 0 Å². The molecule has 0 aliphatic heterocycles. The number of aromatic nitrogens is 1. The highest BCUT2D eigenvalue weighted by atomic mass is 35.5. The SMILES string of the molecule is Nc1ccc(S(=O)(=O)NCc2ccc(Cl)cc2)cn1. The van der Waals surface area contributed by atoms with Gasteiger partial charge in [-0.15, -0.1) is 0 Å². The number of hydrogen-bond donors (Lipinski definition) is 2. The van der Waals surface area contributed by atoms with Gasteiger partial charge in [0.2, 0.25) is 10.0 Å². The van der Waals surface area contributed by atoms with E-state index in [2.05, 4.69) is 9.71 Å². The quantitative estimate of drug-likeness (QED) is 0.901. The van der Waals surface area contributed by atoms with Crippen LogP contribution in [0.4, 0.5) is 5.82 Å². The van der Waals surface area contributed by atoms with Gasteiger partial charge in [0.1, 0.15) is 10.7 Å². The molecule has 0 aliphatic rings. The van der Waals surface area contributed by atoms with E-state index in [1.807, 2.05) is 0 Å². The minimum absolute atomic E-state index is 0.0793. The summed E-state index contributed by atoms with van der Waals surface area (Å²) in [6.07, 6.45) is 1.22. The lowest BCUT2D eigenvalue weighted by Gasteiger charge is -2.06. The van der Waals surface area contributed by atoms with Crippen molar-refractivity contribution in [2.75, 3.05) is 5.73 Å².